The lowest BCUT2D eigenvalue weighted by molar-refractivity contribution is -0.266. The number of pyridine rings is 1. The molecule has 0 bridgehead atoms. The van der Waals surface area contributed by atoms with Crippen LogP contribution in [0.1, 0.15) is 31.5 Å². The van der Waals surface area contributed by atoms with Crippen molar-refractivity contribution in [2.45, 2.75) is 48.9 Å². The molecule has 0 aliphatic heterocycles. The van der Waals surface area contributed by atoms with Gasteiger partial charge in [-0.05, 0) is 47.7 Å². The molecule has 3 rings (SSSR count). The third-order valence-corrected chi connectivity index (χ3v) is 6.72. The van der Waals surface area contributed by atoms with Crippen molar-refractivity contribution in [1.29, 1.82) is 0 Å². The van der Waals surface area contributed by atoms with Crippen LogP contribution in [0.2, 0.25) is 0 Å². The SMILES string of the molecule is CC(C)(CC(O)(Cc1cc2nc(S(C)(=O)=O)ccc2[nH]1)C(F)(F)F)c1cccc(Br)c1. The summed E-state index contributed by atoms with van der Waals surface area (Å²) in [4.78, 5) is 6.82. The maximum Gasteiger partial charge on any atom is 0.417 e. The number of H-pyrrole nitrogens is 1. The second kappa shape index (κ2) is 7.90. The number of sulfone groups is 1. The van der Waals surface area contributed by atoms with Crippen molar-refractivity contribution in [1.82, 2.24) is 9.97 Å². The fourth-order valence-electron chi connectivity index (χ4n) is 3.67. The Morgan fingerprint density at radius 1 is 1.13 bits per heavy atom. The highest BCUT2D eigenvalue weighted by Gasteiger charge is 2.56. The van der Waals surface area contributed by atoms with E-state index in [0.29, 0.717) is 11.1 Å². The number of benzene rings is 1. The number of alkyl halides is 3. The molecule has 0 aliphatic carbocycles. The standard InChI is InChI=1S/C21H22BrF3N2O3S/c1-19(2,13-5-4-6-14(22)9-13)12-20(28,21(23,24)25)11-15-10-17-16(26-15)7-8-18(27-17)31(3,29)30/h4-10,26,28H,11-12H2,1-3H3. The van der Waals surface area contributed by atoms with Gasteiger partial charge in [-0.3, -0.25) is 0 Å². The summed E-state index contributed by atoms with van der Waals surface area (Å²) < 4.78 is 66.2. The second-order valence-electron chi connectivity index (χ2n) is 8.43. The lowest BCUT2D eigenvalue weighted by Crippen LogP contribution is -2.50. The average molecular weight is 519 g/mol. The molecule has 0 radical (unpaired) electrons. The first-order valence-electron chi connectivity index (χ1n) is 9.35. The van der Waals surface area contributed by atoms with E-state index in [-0.39, 0.29) is 16.2 Å². The Hall–Kier alpha value is -1.91. The summed E-state index contributed by atoms with van der Waals surface area (Å²) in [6.07, 6.45) is -5.18. The second-order valence-corrected chi connectivity index (χ2v) is 11.3. The van der Waals surface area contributed by atoms with Gasteiger partial charge in [0, 0.05) is 22.8 Å². The normalized spacial score (nSPS) is 15.2. The molecular formula is C21H22BrF3N2O3S. The van der Waals surface area contributed by atoms with E-state index in [1.54, 1.807) is 38.1 Å². The first kappa shape index (κ1) is 23.7. The lowest BCUT2D eigenvalue weighted by Gasteiger charge is -2.38. The number of aromatic amines is 1. The van der Waals surface area contributed by atoms with E-state index in [1.165, 1.54) is 18.2 Å². The van der Waals surface area contributed by atoms with Crippen LogP contribution in [0.3, 0.4) is 0 Å². The van der Waals surface area contributed by atoms with Crippen molar-refractivity contribution in [2.75, 3.05) is 6.26 Å². The summed E-state index contributed by atoms with van der Waals surface area (Å²) in [7, 11) is -3.56. The summed E-state index contributed by atoms with van der Waals surface area (Å²) in [5, 5.41) is 10.6. The van der Waals surface area contributed by atoms with E-state index >= 15 is 0 Å². The quantitative estimate of drug-likeness (QED) is 0.484. The van der Waals surface area contributed by atoms with Crippen molar-refractivity contribution < 1.29 is 26.7 Å². The van der Waals surface area contributed by atoms with Crippen LogP contribution in [-0.2, 0) is 21.7 Å². The van der Waals surface area contributed by atoms with Crippen LogP contribution in [0.4, 0.5) is 13.2 Å². The summed E-state index contributed by atoms with van der Waals surface area (Å²) in [5.41, 5.74) is -2.63. The maximum absolute atomic E-state index is 14.0. The monoisotopic (exact) mass is 518 g/mol. The van der Waals surface area contributed by atoms with Crippen molar-refractivity contribution in [3.63, 3.8) is 0 Å². The topological polar surface area (TPSA) is 83.1 Å². The highest BCUT2D eigenvalue weighted by molar-refractivity contribution is 9.10. The number of nitrogens with one attached hydrogen (secondary N) is 1. The van der Waals surface area contributed by atoms with Gasteiger partial charge in [-0.15, -0.1) is 0 Å². The molecule has 0 aliphatic rings. The molecule has 168 valence electrons. The van der Waals surface area contributed by atoms with Crippen molar-refractivity contribution in [3.05, 3.63) is 58.2 Å². The van der Waals surface area contributed by atoms with Gasteiger partial charge in [-0.2, -0.15) is 13.2 Å². The molecule has 1 atom stereocenters. The van der Waals surface area contributed by atoms with Crippen LogP contribution in [0.25, 0.3) is 11.0 Å². The molecule has 0 amide bonds. The molecule has 0 saturated heterocycles. The zero-order valence-electron chi connectivity index (χ0n) is 17.1. The molecule has 1 unspecified atom stereocenters. The summed E-state index contributed by atoms with van der Waals surface area (Å²) >= 11 is 3.33. The van der Waals surface area contributed by atoms with Gasteiger partial charge in [-0.1, -0.05) is 41.9 Å². The number of hydrogen-bond donors (Lipinski definition) is 2. The highest BCUT2D eigenvalue weighted by Crippen LogP contribution is 2.43. The van der Waals surface area contributed by atoms with Crippen LogP contribution >= 0.6 is 15.9 Å². The van der Waals surface area contributed by atoms with Gasteiger partial charge in [-0.25, -0.2) is 13.4 Å². The molecule has 5 nitrogen and oxygen atoms in total. The van der Waals surface area contributed by atoms with E-state index in [0.717, 1.165) is 10.7 Å². The molecule has 2 N–H and O–H groups in total. The van der Waals surface area contributed by atoms with Gasteiger partial charge >= 0.3 is 6.18 Å². The van der Waals surface area contributed by atoms with E-state index in [2.05, 4.69) is 25.9 Å². The number of aromatic nitrogens is 2. The first-order chi connectivity index (χ1) is 14.1. The average Bonchev–Trinajstić information content (AvgIpc) is 3.00. The number of hydrogen-bond acceptors (Lipinski definition) is 4. The van der Waals surface area contributed by atoms with Crippen molar-refractivity contribution >= 4 is 36.8 Å². The Morgan fingerprint density at radius 2 is 1.81 bits per heavy atom. The number of rotatable bonds is 6. The van der Waals surface area contributed by atoms with Gasteiger partial charge in [0.05, 0.1) is 11.0 Å². The minimum absolute atomic E-state index is 0.109. The summed E-state index contributed by atoms with van der Waals surface area (Å²) in [5.74, 6) is 0. The highest BCUT2D eigenvalue weighted by atomic mass is 79.9. The first-order valence-corrected chi connectivity index (χ1v) is 12.0. The third-order valence-electron chi connectivity index (χ3n) is 5.24. The molecule has 2 heterocycles. The molecule has 3 aromatic rings. The third kappa shape index (κ3) is 5.12. The van der Waals surface area contributed by atoms with Gasteiger partial charge in [0.1, 0.15) is 0 Å². The Bertz CT molecular complexity index is 1220. The van der Waals surface area contributed by atoms with Crippen LogP contribution in [0.5, 0.6) is 0 Å². The predicted molar refractivity (Wildman–Crippen MR) is 116 cm³/mol. The number of halogens is 4. The van der Waals surface area contributed by atoms with Crippen LogP contribution in [0, 0.1) is 0 Å². The van der Waals surface area contributed by atoms with Gasteiger partial charge in [0.2, 0.25) is 0 Å². The van der Waals surface area contributed by atoms with E-state index < -0.39 is 39.9 Å². The van der Waals surface area contributed by atoms with Gasteiger partial charge in [0.15, 0.2) is 20.5 Å². The van der Waals surface area contributed by atoms with E-state index in [9.17, 15) is 26.7 Å². The fraction of sp³-hybridized carbons (Fsp3) is 0.381. The number of fused-ring (bicyclic) bond motifs is 1. The van der Waals surface area contributed by atoms with Gasteiger partial charge in [0.25, 0.3) is 0 Å². The van der Waals surface area contributed by atoms with E-state index in [4.69, 9.17) is 0 Å². The molecule has 31 heavy (non-hydrogen) atoms. The van der Waals surface area contributed by atoms with Crippen molar-refractivity contribution in [2.24, 2.45) is 0 Å². The molecule has 1 aromatic carbocycles. The largest absolute Gasteiger partial charge is 0.417 e. The zero-order chi connectivity index (χ0) is 23.2. The zero-order valence-corrected chi connectivity index (χ0v) is 19.5. The minimum Gasteiger partial charge on any atom is -0.380 e. The molecule has 2 aromatic heterocycles. The number of aliphatic hydroxyl groups is 1. The Labute approximate surface area is 186 Å². The molecule has 0 fully saturated rings. The Kier molecular flexibility index (Phi) is 6.05. The van der Waals surface area contributed by atoms with Crippen LogP contribution in [-0.4, -0.2) is 41.5 Å². The molecule has 0 spiro atoms. The maximum atomic E-state index is 14.0. The smallest absolute Gasteiger partial charge is 0.380 e. The summed E-state index contributed by atoms with van der Waals surface area (Å²) in [6, 6.07) is 11.0. The molecule has 10 heteroatoms. The van der Waals surface area contributed by atoms with Crippen molar-refractivity contribution in [3.8, 4) is 0 Å². The Balaban J connectivity index is 1.97. The lowest BCUT2D eigenvalue weighted by atomic mass is 9.73. The van der Waals surface area contributed by atoms with Gasteiger partial charge < -0.3 is 10.1 Å². The molecular weight excluding hydrogens is 497 g/mol. The Morgan fingerprint density at radius 3 is 2.39 bits per heavy atom. The summed E-state index contributed by atoms with van der Waals surface area (Å²) in [6.45, 7) is 3.30. The fourth-order valence-corrected chi connectivity index (χ4v) is 4.65. The van der Waals surface area contributed by atoms with Crippen LogP contribution < -0.4 is 0 Å². The van der Waals surface area contributed by atoms with Crippen LogP contribution in [0.15, 0.2) is 52.0 Å². The predicted octanol–water partition coefficient (Wildman–Crippen LogP) is 4.93. The minimum atomic E-state index is -4.89. The molecule has 0 saturated carbocycles. The number of nitrogens with zero attached hydrogens (tertiary/aromatic N) is 1. The van der Waals surface area contributed by atoms with E-state index in [1.807, 2.05) is 0 Å².